The number of nitrogens with zero attached hydrogens (tertiary/aromatic N) is 5. The minimum atomic E-state index is -0.268. The minimum Gasteiger partial charge on any atom is -0.363 e. The summed E-state index contributed by atoms with van der Waals surface area (Å²) < 4.78 is 13.2. The Labute approximate surface area is 166 Å². The summed E-state index contributed by atoms with van der Waals surface area (Å²) in [6.07, 6.45) is 2.16. The first-order chi connectivity index (χ1) is 13.3. The summed E-state index contributed by atoms with van der Waals surface area (Å²) in [6.45, 7) is 5.97. The van der Waals surface area contributed by atoms with E-state index in [1.165, 1.54) is 12.1 Å². The van der Waals surface area contributed by atoms with Gasteiger partial charge in [-0.2, -0.15) is 4.98 Å². The number of aromatic nitrogens is 2. The van der Waals surface area contributed by atoms with Gasteiger partial charge in [-0.05, 0) is 29.7 Å². The molecule has 0 bridgehead atoms. The molecule has 1 amide bonds. The monoisotopic (exact) mass is 385 g/mol. The van der Waals surface area contributed by atoms with Gasteiger partial charge in [0.05, 0.1) is 6.04 Å². The van der Waals surface area contributed by atoms with Gasteiger partial charge in [0.25, 0.3) is 0 Å². The quantitative estimate of drug-likeness (QED) is 0.792. The molecule has 1 aliphatic heterocycles. The third-order valence-corrected chi connectivity index (χ3v) is 5.13. The number of carbonyl (C=O) groups excluding carboxylic acids is 1. The second-order valence-electron chi connectivity index (χ2n) is 7.76. The van der Waals surface area contributed by atoms with Gasteiger partial charge in [-0.15, -0.1) is 0 Å². The van der Waals surface area contributed by atoms with Crippen molar-refractivity contribution in [2.45, 2.75) is 32.9 Å². The topological polar surface area (TPSA) is 52.6 Å². The largest absolute Gasteiger partial charge is 0.363 e. The van der Waals surface area contributed by atoms with Crippen LogP contribution in [0.15, 0.2) is 36.5 Å². The maximum absolute atomic E-state index is 13.2. The van der Waals surface area contributed by atoms with Crippen LogP contribution in [0.25, 0.3) is 0 Å². The zero-order valence-electron chi connectivity index (χ0n) is 17.0. The SMILES string of the molecule is CC(C)C1CN(c2nccc(N(C)C)n2)CCC(=O)N1Cc1ccc(F)cc1. The highest BCUT2D eigenvalue weighted by molar-refractivity contribution is 5.78. The molecule has 1 fully saturated rings. The van der Waals surface area contributed by atoms with Gasteiger partial charge >= 0.3 is 0 Å². The lowest BCUT2D eigenvalue weighted by Gasteiger charge is -2.35. The molecule has 1 atom stereocenters. The second kappa shape index (κ2) is 8.54. The summed E-state index contributed by atoms with van der Waals surface area (Å²) in [6, 6.07) is 8.25. The van der Waals surface area contributed by atoms with Crippen LogP contribution < -0.4 is 9.80 Å². The first kappa shape index (κ1) is 20.0. The molecule has 2 heterocycles. The van der Waals surface area contributed by atoms with Gasteiger partial charge in [0.1, 0.15) is 11.6 Å². The number of carbonyl (C=O) groups is 1. The zero-order valence-corrected chi connectivity index (χ0v) is 17.0. The number of amides is 1. The molecule has 2 aromatic rings. The van der Waals surface area contributed by atoms with Gasteiger partial charge in [-0.3, -0.25) is 4.79 Å². The standard InChI is InChI=1S/C21H28FN5O/c1-15(2)18-14-26(21-23-11-9-19(24-21)25(3)4)12-10-20(28)27(18)13-16-5-7-17(22)8-6-16/h5-9,11,15,18H,10,12-14H2,1-4H3. The number of benzene rings is 1. The average Bonchev–Trinajstić information content (AvgIpc) is 2.83. The van der Waals surface area contributed by atoms with Crippen LogP contribution in [0.4, 0.5) is 16.2 Å². The van der Waals surface area contributed by atoms with E-state index < -0.39 is 0 Å². The number of hydrogen-bond acceptors (Lipinski definition) is 5. The maximum atomic E-state index is 13.2. The van der Waals surface area contributed by atoms with Gasteiger partial charge < -0.3 is 14.7 Å². The number of halogens is 1. The Hall–Kier alpha value is -2.70. The van der Waals surface area contributed by atoms with E-state index in [2.05, 4.69) is 28.7 Å². The summed E-state index contributed by atoms with van der Waals surface area (Å²) in [7, 11) is 3.89. The van der Waals surface area contributed by atoms with E-state index in [1.807, 2.05) is 30.0 Å². The van der Waals surface area contributed by atoms with E-state index in [4.69, 9.17) is 0 Å². The molecule has 1 aromatic heterocycles. The van der Waals surface area contributed by atoms with Crippen LogP contribution in [0.3, 0.4) is 0 Å². The Bertz CT molecular complexity index is 809. The van der Waals surface area contributed by atoms with Crippen molar-refractivity contribution in [3.8, 4) is 0 Å². The van der Waals surface area contributed by atoms with Crippen molar-refractivity contribution in [3.63, 3.8) is 0 Å². The lowest BCUT2D eigenvalue weighted by Crippen LogP contribution is -2.46. The van der Waals surface area contributed by atoms with Crippen LogP contribution in [0, 0.1) is 11.7 Å². The summed E-state index contributed by atoms with van der Waals surface area (Å²) in [5.41, 5.74) is 0.930. The Balaban J connectivity index is 1.85. The van der Waals surface area contributed by atoms with E-state index >= 15 is 0 Å². The average molecular weight is 385 g/mol. The first-order valence-electron chi connectivity index (χ1n) is 9.64. The first-order valence-corrected chi connectivity index (χ1v) is 9.64. The van der Waals surface area contributed by atoms with Crippen LogP contribution in [-0.2, 0) is 11.3 Å². The van der Waals surface area contributed by atoms with Gasteiger partial charge in [0.15, 0.2) is 0 Å². The minimum absolute atomic E-state index is 0.0201. The van der Waals surface area contributed by atoms with Gasteiger partial charge in [-0.1, -0.05) is 26.0 Å². The number of hydrogen-bond donors (Lipinski definition) is 0. The Morgan fingerprint density at radius 3 is 2.57 bits per heavy atom. The van der Waals surface area contributed by atoms with Gasteiger partial charge in [0, 0.05) is 46.3 Å². The second-order valence-corrected chi connectivity index (χ2v) is 7.76. The van der Waals surface area contributed by atoms with E-state index in [0.29, 0.717) is 32.0 Å². The third kappa shape index (κ3) is 4.58. The molecular weight excluding hydrogens is 357 g/mol. The molecule has 1 unspecified atom stereocenters. The van der Waals surface area contributed by atoms with E-state index in [1.54, 1.807) is 18.3 Å². The molecule has 7 heteroatoms. The molecule has 1 aromatic carbocycles. The molecule has 1 aliphatic rings. The fraction of sp³-hybridized carbons (Fsp3) is 0.476. The molecule has 0 N–H and O–H groups in total. The Kier molecular flexibility index (Phi) is 6.11. The van der Waals surface area contributed by atoms with Crippen molar-refractivity contribution in [3.05, 3.63) is 47.9 Å². The van der Waals surface area contributed by atoms with E-state index in [9.17, 15) is 9.18 Å². The predicted octanol–water partition coefficient (Wildman–Crippen LogP) is 2.95. The van der Waals surface area contributed by atoms with Crippen molar-refractivity contribution in [2.24, 2.45) is 5.92 Å². The van der Waals surface area contributed by atoms with Crippen molar-refractivity contribution in [1.29, 1.82) is 0 Å². The fourth-order valence-corrected chi connectivity index (χ4v) is 3.46. The maximum Gasteiger partial charge on any atom is 0.227 e. The highest BCUT2D eigenvalue weighted by Gasteiger charge is 2.32. The van der Waals surface area contributed by atoms with Gasteiger partial charge in [-0.25, -0.2) is 9.37 Å². The summed E-state index contributed by atoms with van der Waals surface area (Å²) in [5, 5.41) is 0. The molecular formula is C21H28FN5O. The highest BCUT2D eigenvalue weighted by atomic mass is 19.1. The molecule has 3 rings (SSSR count). The van der Waals surface area contributed by atoms with Crippen LogP contribution in [0.1, 0.15) is 25.8 Å². The smallest absolute Gasteiger partial charge is 0.227 e. The molecule has 0 radical (unpaired) electrons. The molecule has 0 spiro atoms. The summed E-state index contributed by atoms with van der Waals surface area (Å²) in [4.78, 5) is 28.0. The number of anilines is 2. The van der Waals surface area contributed by atoms with Crippen molar-refractivity contribution >= 4 is 17.7 Å². The normalized spacial score (nSPS) is 17.8. The van der Waals surface area contributed by atoms with Gasteiger partial charge in [0.2, 0.25) is 11.9 Å². The molecule has 0 aliphatic carbocycles. The molecule has 0 saturated carbocycles. The number of rotatable bonds is 5. The fourth-order valence-electron chi connectivity index (χ4n) is 3.46. The third-order valence-electron chi connectivity index (χ3n) is 5.13. The van der Waals surface area contributed by atoms with Crippen LogP contribution in [-0.4, -0.2) is 54.0 Å². The molecule has 1 saturated heterocycles. The summed E-state index contributed by atoms with van der Waals surface area (Å²) >= 11 is 0. The molecule has 150 valence electrons. The van der Waals surface area contributed by atoms with Crippen LogP contribution in [0.2, 0.25) is 0 Å². The predicted molar refractivity (Wildman–Crippen MR) is 109 cm³/mol. The summed E-state index contributed by atoms with van der Waals surface area (Å²) in [5.74, 6) is 1.59. The van der Waals surface area contributed by atoms with Crippen LogP contribution in [0.5, 0.6) is 0 Å². The molecule has 28 heavy (non-hydrogen) atoms. The Morgan fingerprint density at radius 1 is 1.21 bits per heavy atom. The molecule has 6 nitrogen and oxygen atoms in total. The van der Waals surface area contributed by atoms with Crippen LogP contribution >= 0.6 is 0 Å². The van der Waals surface area contributed by atoms with E-state index in [0.717, 1.165) is 11.4 Å². The van der Waals surface area contributed by atoms with Crippen molar-refractivity contribution in [1.82, 2.24) is 14.9 Å². The van der Waals surface area contributed by atoms with Crippen molar-refractivity contribution in [2.75, 3.05) is 37.0 Å². The lowest BCUT2D eigenvalue weighted by molar-refractivity contribution is -0.134. The lowest BCUT2D eigenvalue weighted by atomic mass is 10.0. The van der Waals surface area contributed by atoms with E-state index in [-0.39, 0.29) is 23.7 Å². The Morgan fingerprint density at radius 2 is 1.93 bits per heavy atom. The zero-order chi connectivity index (χ0) is 20.3. The van der Waals surface area contributed by atoms with Crippen molar-refractivity contribution < 1.29 is 9.18 Å². The highest BCUT2D eigenvalue weighted by Crippen LogP contribution is 2.24.